The third kappa shape index (κ3) is 4.70. The van der Waals surface area contributed by atoms with Crippen molar-refractivity contribution < 1.29 is 14.7 Å². The molecule has 136 valence electrons. The first-order valence-corrected chi connectivity index (χ1v) is 9.28. The molecule has 6 nitrogen and oxygen atoms in total. The summed E-state index contributed by atoms with van der Waals surface area (Å²) in [6.45, 7) is 4.73. The van der Waals surface area contributed by atoms with Crippen LogP contribution >= 0.6 is 11.3 Å². The number of hydrogen-bond donors (Lipinski definition) is 1. The summed E-state index contributed by atoms with van der Waals surface area (Å²) >= 11 is 1.47. The lowest BCUT2D eigenvalue weighted by Gasteiger charge is -2.35. The van der Waals surface area contributed by atoms with Gasteiger partial charge in [0.2, 0.25) is 5.91 Å². The summed E-state index contributed by atoms with van der Waals surface area (Å²) in [6.07, 6.45) is 5.78. The van der Waals surface area contributed by atoms with Crippen molar-refractivity contribution in [2.45, 2.75) is 13.3 Å². The average Bonchev–Trinajstić information content (AvgIpc) is 3.07. The number of piperazine rings is 1. The van der Waals surface area contributed by atoms with E-state index in [2.05, 4.69) is 9.88 Å². The Morgan fingerprint density at radius 3 is 2.54 bits per heavy atom. The lowest BCUT2D eigenvalue weighted by molar-refractivity contribution is -0.136. The van der Waals surface area contributed by atoms with Crippen LogP contribution in [0.1, 0.15) is 22.4 Å². The Bertz CT molecular complexity index is 806. The van der Waals surface area contributed by atoms with Crippen molar-refractivity contribution in [1.29, 1.82) is 0 Å². The molecular formula is C19H21N3O3S. The van der Waals surface area contributed by atoms with Crippen molar-refractivity contribution in [2.24, 2.45) is 0 Å². The summed E-state index contributed by atoms with van der Waals surface area (Å²) in [6, 6.07) is 7.77. The van der Waals surface area contributed by atoms with Gasteiger partial charge in [-0.1, -0.05) is 0 Å². The van der Waals surface area contributed by atoms with E-state index in [4.69, 9.17) is 5.11 Å². The van der Waals surface area contributed by atoms with Gasteiger partial charge < -0.3 is 14.9 Å². The van der Waals surface area contributed by atoms with Crippen LogP contribution in [0, 0.1) is 0 Å². The number of hydrogen-bond acceptors (Lipinski definition) is 5. The van der Waals surface area contributed by atoms with Crippen LogP contribution in [0.3, 0.4) is 0 Å². The molecule has 1 N–H and O–H groups in total. The number of aromatic nitrogens is 1. The number of amides is 1. The molecule has 0 atom stereocenters. The molecule has 1 aliphatic rings. The van der Waals surface area contributed by atoms with E-state index in [1.165, 1.54) is 11.3 Å². The second kappa shape index (κ2) is 8.14. The Morgan fingerprint density at radius 2 is 1.92 bits per heavy atom. The summed E-state index contributed by atoms with van der Waals surface area (Å²) in [7, 11) is 0. The number of carbonyl (C=O) groups is 2. The number of nitrogens with zero attached hydrogens (tertiary/aromatic N) is 3. The highest BCUT2D eigenvalue weighted by atomic mass is 32.1. The van der Waals surface area contributed by atoms with Gasteiger partial charge in [-0.3, -0.25) is 14.6 Å². The molecule has 2 aromatic heterocycles. The highest BCUT2D eigenvalue weighted by Gasteiger charge is 2.18. The normalized spacial score (nSPS) is 14.8. The number of anilines is 1. The van der Waals surface area contributed by atoms with Gasteiger partial charge in [0.05, 0.1) is 24.0 Å². The molecule has 0 spiro atoms. The molecule has 2 aromatic rings. The molecule has 1 amide bonds. The van der Waals surface area contributed by atoms with Gasteiger partial charge in [0, 0.05) is 42.9 Å². The predicted molar refractivity (Wildman–Crippen MR) is 103 cm³/mol. The van der Waals surface area contributed by atoms with Gasteiger partial charge in [-0.15, -0.1) is 11.3 Å². The van der Waals surface area contributed by atoms with Crippen LogP contribution in [0.5, 0.6) is 0 Å². The highest BCUT2D eigenvalue weighted by molar-refractivity contribution is 7.13. The standard InChI is InChI=1S/C19H21N3O3S/c1-14(23)21-8-10-22(11-9-21)16-4-2-15(20-13-16)3-5-17-6-7-18(26-17)12-19(24)25/h2-7,13H,8-12H2,1H3,(H,24,25). The third-order valence-corrected chi connectivity index (χ3v) is 5.34. The van der Waals surface area contributed by atoms with Gasteiger partial charge in [-0.2, -0.15) is 0 Å². The van der Waals surface area contributed by atoms with E-state index in [1.54, 1.807) is 6.92 Å². The molecule has 0 unspecified atom stereocenters. The number of carboxylic acid groups (broad SMARTS) is 1. The molecule has 0 bridgehead atoms. The van der Waals surface area contributed by atoms with E-state index in [9.17, 15) is 9.59 Å². The number of thiophene rings is 1. The van der Waals surface area contributed by atoms with Crippen molar-refractivity contribution in [2.75, 3.05) is 31.1 Å². The van der Waals surface area contributed by atoms with Gasteiger partial charge in [0.1, 0.15) is 0 Å². The zero-order chi connectivity index (χ0) is 18.5. The van der Waals surface area contributed by atoms with Gasteiger partial charge >= 0.3 is 5.97 Å². The molecule has 0 radical (unpaired) electrons. The molecule has 7 heteroatoms. The molecule has 1 saturated heterocycles. The second-order valence-corrected chi connectivity index (χ2v) is 7.34. The summed E-state index contributed by atoms with van der Waals surface area (Å²) in [5, 5.41) is 8.81. The number of carboxylic acids is 1. The number of pyridine rings is 1. The van der Waals surface area contributed by atoms with Crippen molar-refractivity contribution in [3.8, 4) is 0 Å². The molecule has 1 fully saturated rings. The molecule has 3 heterocycles. The number of rotatable bonds is 5. The average molecular weight is 371 g/mol. The monoisotopic (exact) mass is 371 g/mol. The lowest BCUT2D eigenvalue weighted by Crippen LogP contribution is -2.48. The summed E-state index contributed by atoms with van der Waals surface area (Å²) < 4.78 is 0. The Morgan fingerprint density at radius 1 is 1.15 bits per heavy atom. The van der Waals surface area contributed by atoms with Crippen molar-refractivity contribution in [3.63, 3.8) is 0 Å². The Kier molecular flexibility index (Phi) is 5.68. The van der Waals surface area contributed by atoms with E-state index in [1.807, 2.05) is 47.5 Å². The molecule has 1 aliphatic heterocycles. The molecule has 0 saturated carbocycles. The van der Waals surface area contributed by atoms with E-state index >= 15 is 0 Å². The smallest absolute Gasteiger partial charge is 0.308 e. The van der Waals surface area contributed by atoms with Gasteiger partial charge in [0.15, 0.2) is 0 Å². The summed E-state index contributed by atoms with van der Waals surface area (Å²) in [4.78, 5) is 32.5. The van der Waals surface area contributed by atoms with Gasteiger partial charge in [-0.05, 0) is 36.4 Å². The first-order chi connectivity index (χ1) is 12.5. The van der Waals surface area contributed by atoms with Crippen LogP contribution in [0.15, 0.2) is 30.5 Å². The topological polar surface area (TPSA) is 73.7 Å². The number of aliphatic carboxylic acids is 1. The first kappa shape index (κ1) is 18.1. The minimum Gasteiger partial charge on any atom is -0.481 e. The largest absolute Gasteiger partial charge is 0.481 e. The van der Waals surface area contributed by atoms with Crippen LogP contribution in [0.2, 0.25) is 0 Å². The van der Waals surface area contributed by atoms with Crippen molar-refractivity contribution in [1.82, 2.24) is 9.88 Å². The fourth-order valence-electron chi connectivity index (χ4n) is 2.86. The summed E-state index contributed by atoms with van der Waals surface area (Å²) in [5.74, 6) is -0.688. The second-order valence-electron chi connectivity index (χ2n) is 6.14. The maximum atomic E-state index is 11.4. The maximum Gasteiger partial charge on any atom is 0.308 e. The molecule has 3 rings (SSSR count). The van der Waals surface area contributed by atoms with Crippen LogP contribution < -0.4 is 4.90 Å². The summed E-state index contributed by atoms with van der Waals surface area (Å²) in [5.41, 5.74) is 1.91. The minimum absolute atomic E-state index is 0.0579. The highest BCUT2D eigenvalue weighted by Crippen LogP contribution is 2.20. The zero-order valence-corrected chi connectivity index (χ0v) is 15.4. The fraction of sp³-hybridized carbons (Fsp3) is 0.316. The van der Waals surface area contributed by atoms with Gasteiger partial charge in [0.25, 0.3) is 0 Å². The van der Waals surface area contributed by atoms with Crippen LogP contribution in [-0.4, -0.2) is 53.0 Å². The van der Waals surface area contributed by atoms with Gasteiger partial charge in [-0.25, -0.2) is 0 Å². The Labute approximate surface area is 156 Å². The predicted octanol–water partition coefficient (Wildman–Crippen LogP) is 2.61. The Balaban J connectivity index is 1.58. The first-order valence-electron chi connectivity index (χ1n) is 8.46. The molecule has 0 aromatic carbocycles. The quantitative estimate of drug-likeness (QED) is 0.875. The Hall–Kier alpha value is -2.67. The third-order valence-electron chi connectivity index (χ3n) is 4.29. The van der Waals surface area contributed by atoms with E-state index < -0.39 is 5.97 Å². The molecular weight excluding hydrogens is 350 g/mol. The van der Waals surface area contributed by atoms with Crippen LogP contribution in [0.25, 0.3) is 12.2 Å². The zero-order valence-electron chi connectivity index (χ0n) is 14.6. The van der Waals surface area contributed by atoms with E-state index in [0.717, 1.165) is 47.3 Å². The van der Waals surface area contributed by atoms with Crippen LogP contribution in [-0.2, 0) is 16.0 Å². The van der Waals surface area contributed by atoms with Crippen molar-refractivity contribution >= 4 is 41.1 Å². The fourth-order valence-corrected chi connectivity index (χ4v) is 3.76. The molecule has 0 aliphatic carbocycles. The van der Waals surface area contributed by atoms with Crippen molar-refractivity contribution in [3.05, 3.63) is 45.9 Å². The van der Waals surface area contributed by atoms with E-state index in [0.29, 0.717) is 0 Å². The molecule has 26 heavy (non-hydrogen) atoms. The maximum absolute atomic E-state index is 11.4. The van der Waals surface area contributed by atoms with Crippen LogP contribution in [0.4, 0.5) is 5.69 Å². The lowest BCUT2D eigenvalue weighted by atomic mass is 10.2. The van der Waals surface area contributed by atoms with E-state index in [-0.39, 0.29) is 12.3 Å². The number of carbonyl (C=O) groups excluding carboxylic acids is 1. The minimum atomic E-state index is -0.816. The SMILES string of the molecule is CC(=O)N1CCN(c2ccc(C=Cc3ccc(CC(=O)O)s3)nc2)CC1.